The number of ether oxygens (including phenoxy) is 1. The predicted molar refractivity (Wildman–Crippen MR) is 117 cm³/mol. The molecule has 0 unspecified atom stereocenters. The van der Waals surface area contributed by atoms with Crippen LogP contribution in [0, 0.1) is 5.92 Å². The van der Waals surface area contributed by atoms with Crippen LogP contribution in [0.3, 0.4) is 0 Å². The molecule has 0 spiro atoms. The Hall–Kier alpha value is -1.40. The number of carbonyl (C=O) groups is 2. The van der Waals surface area contributed by atoms with Crippen LogP contribution in [0.5, 0.6) is 0 Å². The molecular formula is C18H24Cl2N2O7S2. The summed E-state index contributed by atoms with van der Waals surface area (Å²) in [4.78, 5) is 25.6. The minimum absolute atomic E-state index is 0.00243. The molecule has 1 fully saturated rings. The minimum atomic E-state index is -4.01. The van der Waals surface area contributed by atoms with Crippen molar-refractivity contribution in [2.24, 2.45) is 5.92 Å². The van der Waals surface area contributed by atoms with Gasteiger partial charge in [-0.2, -0.15) is 0 Å². The fourth-order valence-corrected chi connectivity index (χ4v) is 6.67. The average Bonchev–Trinajstić information content (AvgIpc) is 3.03. The number of carbonyl (C=O) groups excluding carboxylic acids is 2. The number of hydrogen-bond acceptors (Lipinski definition) is 7. The molecule has 1 atom stereocenters. The quantitative estimate of drug-likeness (QED) is 0.523. The van der Waals surface area contributed by atoms with E-state index in [2.05, 4.69) is 4.72 Å². The number of amides is 1. The third-order valence-electron chi connectivity index (χ3n) is 4.69. The minimum Gasteiger partial charge on any atom is -0.452 e. The summed E-state index contributed by atoms with van der Waals surface area (Å²) in [6.45, 7) is 3.16. The predicted octanol–water partition coefficient (Wildman–Crippen LogP) is 1.73. The Labute approximate surface area is 192 Å². The van der Waals surface area contributed by atoms with Gasteiger partial charge in [-0.15, -0.1) is 0 Å². The molecule has 0 bridgehead atoms. The van der Waals surface area contributed by atoms with Gasteiger partial charge in [-0.3, -0.25) is 4.79 Å². The Bertz CT molecular complexity index is 1070. The lowest BCUT2D eigenvalue weighted by Crippen LogP contribution is -2.40. The summed E-state index contributed by atoms with van der Waals surface area (Å²) in [5.74, 6) is -1.70. The molecule has 1 amide bonds. The van der Waals surface area contributed by atoms with E-state index in [0.29, 0.717) is 6.42 Å². The van der Waals surface area contributed by atoms with Gasteiger partial charge in [0.2, 0.25) is 10.0 Å². The molecule has 0 radical (unpaired) electrons. The third-order valence-corrected chi connectivity index (χ3v) is 8.64. The van der Waals surface area contributed by atoms with Gasteiger partial charge in [0.1, 0.15) is 4.90 Å². The highest BCUT2D eigenvalue weighted by Crippen LogP contribution is 2.29. The molecule has 0 aliphatic carbocycles. The summed E-state index contributed by atoms with van der Waals surface area (Å²) in [6, 6.07) is 1.62. The number of esters is 1. The molecule has 1 aromatic rings. The fraction of sp³-hybridized carbons (Fsp3) is 0.556. The lowest BCUT2D eigenvalue weighted by atomic mass is 10.2. The summed E-state index contributed by atoms with van der Waals surface area (Å²) < 4.78 is 55.5. The van der Waals surface area contributed by atoms with Gasteiger partial charge >= 0.3 is 5.97 Å². The Kier molecular flexibility index (Phi) is 8.37. The first-order valence-corrected chi connectivity index (χ1v) is 13.4. The first-order valence-electron chi connectivity index (χ1n) is 9.35. The second kappa shape index (κ2) is 10.0. The molecular weight excluding hydrogens is 491 g/mol. The number of rotatable bonds is 8. The number of halogens is 2. The number of hydrogen-bond donors (Lipinski definition) is 1. The van der Waals surface area contributed by atoms with Gasteiger partial charge in [0.15, 0.2) is 16.4 Å². The third kappa shape index (κ3) is 6.79. The number of likely N-dealkylation sites (N-methyl/N-ethyl adjacent to an activating group) is 1. The summed E-state index contributed by atoms with van der Waals surface area (Å²) in [7, 11) is -5.75. The molecule has 1 heterocycles. The van der Waals surface area contributed by atoms with E-state index in [1.54, 1.807) is 0 Å². The molecule has 2 rings (SSSR count). The van der Waals surface area contributed by atoms with Crippen molar-refractivity contribution in [3.05, 3.63) is 27.7 Å². The van der Waals surface area contributed by atoms with Crippen LogP contribution < -0.4 is 4.72 Å². The number of sulfonamides is 1. The largest absolute Gasteiger partial charge is 0.452 e. The summed E-state index contributed by atoms with van der Waals surface area (Å²) >= 11 is 12.0. The van der Waals surface area contributed by atoms with Crippen molar-refractivity contribution in [3.63, 3.8) is 0 Å². The van der Waals surface area contributed by atoms with Gasteiger partial charge in [-0.1, -0.05) is 37.0 Å². The molecule has 13 heteroatoms. The van der Waals surface area contributed by atoms with Crippen LogP contribution in [-0.2, 0) is 29.4 Å². The maximum atomic E-state index is 12.5. The Morgan fingerprint density at radius 3 is 2.45 bits per heavy atom. The highest BCUT2D eigenvalue weighted by Gasteiger charge is 2.33. The topological polar surface area (TPSA) is 127 Å². The van der Waals surface area contributed by atoms with Crippen LogP contribution in [-0.4, -0.2) is 71.4 Å². The van der Waals surface area contributed by atoms with Crippen molar-refractivity contribution >= 4 is 54.9 Å². The van der Waals surface area contributed by atoms with Crippen LogP contribution >= 0.6 is 23.2 Å². The lowest BCUT2D eigenvalue weighted by Gasteiger charge is -2.23. The Balaban J connectivity index is 2.12. The number of nitrogens with zero attached hydrogens (tertiary/aromatic N) is 1. The monoisotopic (exact) mass is 514 g/mol. The molecule has 1 aliphatic rings. The average molecular weight is 515 g/mol. The van der Waals surface area contributed by atoms with E-state index in [1.165, 1.54) is 11.9 Å². The second-order valence-corrected chi connectivity index (χ2v) is 12.4. The Morgan fingerprint density at radius 1 is 1.26 bits per heavy atom. The highest BCUT2D eigenvalue weighted by molar-refractivity contribution is 7.91. The normalized spacial score (nSPS) is 18.2. The van der Waals surface area contributed by atoms with Crippen LogP contribution in [0.25, 0.3) is 0 Å². The lowest BCUT2D eigenvalue weighted by molar-refractivity contribution is -0.134. The highest BCUT2D eigenvalue weighted by atomic mass is 35.5. The van der Waals surface area contributed by atoms with Crippen LogP contribution in [0.1, 0.15) is 30.6 Å². The molecule has 0 aromatic heterocycles. The number of sulfone groups is 1. The van der Waals surface area contributed by atoms with Gasteiger partial charge in [-0.05, 0) is 24.5 Å². The van der Waals surface area contributed by atoms with E-state index in [0.717, 1.165) is 12.1 Å². The molecule has 31 heavy (non-hydrogen) atoms. The van der Waals surface area contributed by atoms with Gasteiger partial charge in [0, 0.05) is 19.6 Å². The molecule has 1 saturated heterocycles. The maximum absolute atomic E-state index is 12.5. The SMILES string of the molecule is CC(C)CNS(=O)(=O)c1cc(C(=O)OCC(=O)N(C)[C@H]2CCS(=O)(=O)C2)c(Cl)cc1Cl. The zero-order valence-electron chi connectivity index (χ0n) is 17.2. The first-order chi connectivity index (χ1) is 14.2. The summed E-state index contributed by atoms with van der Waals surface area (Å²) in [5.41, 5.74) is -0.269. The molecule has 1 aliphatic heterocycles. The molecule has 1 aromatic carbocycles. The summed E-state index contributed by atoms with van der Waals surface area (Å²) in [6.07, 6.45) is 0.312. The van der Waals surface area contributed by atoms with Crippen molar-refractivity contribution in [2.45, 2.75) is 31.2 Å². The molecule has 174 valence electrons. The van der Waals surface area contributed by atoms with E-state index in [1.807, 2.05) is 13.8 Å². The maximum Gasteiger partial charge on any atom is 0.340 e. The number of benzene rings is 1. The van der Waals surface area contributed by atoms with Crippen molar-refractivity contribution in [2.75, 3.05) is 31.7 Å². The zero-order chi connectivity index (χ0) is 23.6. The van der Waals surface area contributed by atoms with Crippen molar-refractivity contribution < 1.29 is 31.2 Å². The molecule has 0 saturated carbocycles. The van der Waals surface area contributed by atoms with E-state index in [4.69, 9.17) is 27.9 Å². The van der Waals surface area contributed by atoms with Crippen molar-refractivity contribution in [1.29, 1.82) is 0 Å². The van der Waals surface area contributed by atoms with Crippen molar-refractivity contribution in [3.8, 4) is 0 Å². The van der Waals surface area contributed by atoms with Gasteiger partial charge < -0.3 is 9.64 Å². The molecule has 1 N–H and O–H groups in total. The van der Waals surface area contributed by atoms with E-state index < -0.39 is 44.4 Å². The van der Waals surface area contributed by atoms with E-state index in [-0.39, 0.29) is 44.5 Å². The zero-order valence-corrected chi connectivity index (χ0v) is 20.4. The first kappa shape index (κ1) is 25.9. The van der Waals surface area contributed by atoms with Gasteiger partial charge in [0.25, 0.3) is 5.91 Å². The van der Waals surface area contributed by atoms with Crippen molar-refractivity contribution in [1.82, 2.24) is 9.62 Å². The van der Waals surface area contributed by atoms with E-state index >= 15 is 0 Å². The Morgan fingerprint density at radius 2 is 1.90 bits per heavy atom. The number of nitrogens with one attached hydrogen (secondary N) is 1. The van der Waals surface area contributed by atoms with Gasteiger partial charge in [0.05, 0.1) is 27.1 Å². The molecule has 9 nitrogen and oxygen atoms in total. The van der Waals surface area contributed by atoms with Crippen LogP contribution in [0.2, 0.25) is 10.0 Å². The smallest absolute Gasteiger partial charge is 0.340 e. The second-order valence-electron chi connectivity index (χ2n) is 7.65. The summed E-state index contributed by atoms with van der Waals surface area (Å²) in [5, 5.41) is -0.309. The van der Waals surface area contributed by atoms with Crippen LogP contribution in [0.4, 0.5) is 0 Å². The standard InChI is InChI=1S/C18H24Cl2N2O7S2/c1-11(2)8-21-31(27,28)16-6-13(14(19)7-15(16)20)18(24)29-9-17(23)22(3)12-4-5-30(25,26)10-12/h6-7,11-12,21H,4-5,8-10H2,1-3H3/t12-/m0/s1. The fourth-order valence-electron chi connectivity index (χ4n) is 2.84. The van der Waals surface area contributed by atoms with E-state index in [9.17, 15) is 26.4 Å². The van der Waals surface area contributed by atoms with Crippen LogP contribution in [0.15, 0.2) is 17.0 Å². The van der Waals surface area contributed by atoms with Gasteiger partial charge in [-0.25, -0.2) is 26.4 Å².